The summed E-state index contributed by atoms with van der Waals surface area (Å²) in [4.78, 5) is 35.0. The Morgan fingerprint density at radius 3 is 2.67 bits per heavy atom. The summed E-state index contributed by atoms with van der Waals surface area (Å²) < 4.78 is 0. The van der Waals surface area contributed by atoms with E-state index in [0.29, 0.717) is 38.5 Å². The molecular weight excluding hydrogens is 358 g/mol. The van der Waals surface area contributed by atoms with E-state index in [4.69, 9.17) is 0 Å². The molecule has 0 unspecified atom stereocenters. The summed E-state index contributed by atoms with van der Waals surface area (Å²) in [5.74, 6) is 0.277. The van der Waals surface area contributed by atoms with E-state index < -0.39 is 0 Å². The van der Waals surface area contributed by atoms with Gasteiger partial charge in [-0.1, -0.05) is 30.3 Å². The molecule has 2 amide bonds. The van der Waals surface area contributed by atoms with Crippen LogP contribution in [0.3, 0.4) is 0 Å². The highest BCUT2D eigenvalue weighted by molar-refractivity contribution is 7.09. The molecule has 142 valence electrons. The number of carbonyl (C=O) groups excluding carboxylic acids is 2. The van der Waals surface area contributed by atoms with Gasteiger partial charge in [-0.3, -0.25) is 9.59 Å². The zero-order valence-corrected chi connectivity index (χ0v) is 16.5. The minimum Gasteiger partial charge on any atom is -0.339 e. The molecule has 0 N–H and O–H groups in total. The van der Waals surface area contributed by atoms with Gasteiger partial charge in [0.1, 0.15) is 0 Å². The number of thiazole rings is 1. The van der Waals surface area contributed by atoms with Crippen molar-refractivity contribution in [3.63, 3.8) is 0 Å². The first-order chi connectivity index (χ1) is 13.1. The molecule has 1 saturated carbocycles. The van der Waals surface area contributed by atoms with Crippen LogP contribution in [0.15, 0.2) is 35.8 Å². The number of carbonyl (C=O) groups is 2. The van der Waals surface area contributed by atoms with E-state index in [0.717, 1.165) is 29.0 Å². The van der Waals surface area contributed by atoms with Gasteiger partial charge in [-0.05, 0) is 31.7 Å². The van der Waals surface area contributed by atoms with Crippen molar-refractivity contribution in [3.8, 4) is 0 Å². The second-order valence-electron chi connectivity index (χ2n) is 7.55. The molecule has 2 heterocycles. The van der Waals surface area contributed by atoms with E-state index in [2.05, 4.69) is 17.1 Å². The standard InChI is InChI=1S/C21H25N3O2S/c1-15-19(27-14-22-15)13-23(11-16-5-3-2-4-6-16)21(26)17-7-10-20(25)24(12-17)18-8-9-18/h2-6,14,17-18H,7-13H2,1H3/t17-/m0/s1. The van der Waals surface area contributed by atoms with Crippen molar-refractivity contribution in [3.05, 3.63) is 52.0 Å². The first kappa shape index (κ1) is 18.2. The molecule has 0 spiro atoms. The van der Waals surface area contributed by atoms with Gasteiger partial charge < -0.3 is 9.80 Å². The second-order valence-corrected chi connectivity index (χ2v) is 8.49. The van der Waals surface area contributed by atoms with Crippen LogP contribution in [0.2, 0.25) is 0 Å². The first-order valence-electron chi connectivity index (χ1n) is 9.63. The highest BCUT2D eigenvalue weighted by Crippen LogP contribution is 2.32. The fraction of sp³-hybridized carbons (Fsp3) is 0.476. The Bertz CT molecular complexity index is 816. The molecule has 1 saturated heterocycles. The van der Waals surface area contributed by atoms with Gasteiger partial charge in [0.15, 0.2) is 0 Å². The maximum absolute atomic E-state index is 13.4. The number of piperidine rings is 1. The average Bonchev–Trinajstić information content (AvgIpc) is 3.45. The molecule has 5 nitrogen and oxygen atoms in total. The summed E-state index contributed by atoms with van der Waals surface area (Å²) in [5, 5.41) is 0. The topological polar surface area (TPSA) is 53.5 Å². The highest BCUT2D eigenvalue weighted by atomic mass is 32.1. The first-order valence-corrected chi connectivity index (χ1v) is 10.5. The number of benzene rings is 1. The van der Waals surface area contributed by atoms with Crippen LogP contribution in [0.1, 0.15) is 41.8 Å². The van der Waals surface area contributed by atoms with Crippen LogP contribution in [0.25, 0.3) is 0 Å². The van der Waals surface area contributed by atoms with Gasteiger partial charge >= 0.3 is 0 Å². The number of hydrogen-bond acceptors (Lipinski definition) is 4. The van der Waals surface area contributed by atoms with Gasteiger partial charge in [-0.2, -0.15) is 0 Å². The smallest absolute Gasteiger partial charge is 0.228 e. The lowest BCUT2D eigenvalue weighted by Gasteiger charge is -2.35. The number of rotatable bonds is 6. The van der Waals surface area contributed by atoms with Crippen LogP contribution in [0.5, 0.6) is 0 Å². The van der Waals surface area contributed by atoms with Gasteiger partial charge in [-0.15, -0.1) is 11.3 Å². The largest absolute Gasteiger partial charge is 0.339 e. The maximum atomic E-state index is 13.4. The Morgan fingerprint density at radius 2 is 2.00 bits per heavy atom. The Hall–Kier alpha value is -2.21. The van der Waals surface area contributed by atoms with E-state index in [1.165, 1.54) is 0 Å². The predicted molar refractivity (Wildman–Crippen MR) is 105 cm³/mol. The van der Waals surface area contributed by atoms with Crippen molar-refractivity contribution in [2.75, 3.05) is 6.54 Å². The summed E-state index contributed by atoms with van der Waals surface area (Å²) in [7, 11) is 0. The van der Waals surface area contributed by atoms with Crippen molar-refractivity contribution >= 4 is 23.2 Å². The van der Waals surface area contributed by atoms with E-state index in [1.807, 2.05) is 40.4 Å². The molecule has 2 aromatic rings. The lowest BCUT2D eigenvalue weighted by atomic mass is 9.95. The molecule has 0 bridgehead atoms. The molecule has 27 heavy (non-hydrogen) atoms. The molecule has 0 radical (unpaired) electrons. The quantitative estimate of drug-likeness (QED) is 0.768. The fourth-order valence-corrected chi connectivity index (χ4v) is 4.53. The summed E-state index contributed by atoms with van der Waals surface area (Å²) in [6.07, 6.45) is 3.32. The molecule has 1 aliphatic carbocycles. The number of nitrogens with zero attached hydrogens (tertiary/aromatic N) is 3. The van der Waals surface area contributed by atoms with E-state index in [1.54, 1.807) is 11.3 Å². The van der Waals surface area contributed by atoms with Crippen molar-refractivity contribution in [2.45, 2.75) is 51.7 Å². The normalized spacial score (nSPS) is 20.0. The van der Waals surface area contributed by atoms with Gasteiger partial charge in [0, 0.05) is 30.4 Å². The molecular formula is C21H25N3O2S. The Morgan fingerprint density at radius 1 is 1.22 bits per heavy atom. The molecule has 1 aromatic carbocycles. The predicted octanol–water partition coefficient (Wildman–Crippen LogP) is 3.38. The zero-order chi connectivity index (χ0) is 18.8. The summed E-state index contributed by atoms with van der Waals surface area (Å²) in [6, 6.07) is 10.5. The Labute approximate surface area is 164 Å². The van der Waals surface area contributed by atoms with Crippen LogP contribution in [-0.4, -0.2) is 39.2 Å². The average molecular weight is 384 g/mol. The number of aromatic nitrogens is 1. The van der Waals surface area contributed by atoms with Gasteiger partial charge in [-0.25, -0.2) is 4.98 Å². The molecule has 1 aromatic heterocycles. The van der Waals surface area contributed by atoms with Gasteiger partial charge in [0.05, 0.1) is 23.7 Å². The third-order valence-electron chi connectivity index (χ3n) is 5.49. The molecule has 1 aliphatic heterocycles. The third kappa shape index (κ3) is 4.21. The minimum atomic E-state index is -0.0970. The summed E-state index contributed by atoms with van der Waals surface area (Å²) >= 11 is 1.60. The Balaban J connectivity index is 1.52. The van der Waals surface area contributed by atoms with Crippen molar-refractivity contribution in [1.29, 1.82) is 0 Å². The van der Waals surface area contributed by atoms with E-state index in [-0.39, 0.29) is 17.7 Å². The number of aryl methyl sites for hydroxylation is 1. The summed E-state index contributed by atoms with van der Waals surface area (Å²) in [5.41, 5.74) is 3.95. The highest BCUT2D eigenvalue weighted by Gasteiger charge is 2.39. The monoisotopic (exact) mass is 383 g/mol. The molecule has 4 rings (SSSR count). The van der Waals surface area contributed by atoms with E-state index in [9.17, 15) is 9.59 Å². The van der Waals surface area contributed by atoms with Crippen LogP contribution in [-0.2, 0) is 22.7 Å². The zero-order valence-electron chi connectivity index (χ0n) is 15.6. The second kappa shape index (κ2) is 7.80. The van der Waals surface area contributed by atoms with Crippen LogP contribution >= 0.6 is 11.3 Å². The fourth-order valence-electron chi connectivity index (χ4n) is 3.74. The van der Waals surface area contributed by atoms with Crippen molar-refractivity contribution in [2.24, 2.45) is 5.92 Å². The molecule has 2 fully saturated rings. The number of likely N-dealkylation sites (tertiary alicyclic amines) is 1. The van der Waals surface area contributed by atoms with Crippen LogP contribution in [0, 0.1) is 12.8 Å². The van der Waals surface area contributed by atoms with Crippen molar-refractivity contribution < 1.29 is 9.59 Å². The van der Waals surface area contributed by atoms with E-state index >= 15 is 0 Å². The maximum Gasteiger partial charge on any atom is 0.228 e. The van der Waals surface area contributed by atoms with Crippen LogP contribution in [0.4, 0.5) is 0 Å². The Kier molecular flexibility index (Phi) is 5.25. The van der Waals surface area contributed by atoms with Crippen LogP contribution < -0.4 is 0 Å². The van der Waals surface area contributed by atoms with Crippen molar-refractivity contribution in [1.82, 2.24) is 14.8 Å². The molecule has 1 atom stereocenters. The number of hydrogen-bond donors (Lipinski definition) is 0. The molecule has 6 heteroatoms. The number of amides is 2. The lowest BCUT2D eigenvalue weighted by Crippen LogP contribution is -2.47. The summed E-state index contributed by atoms with van der Waals surface area (Å²) in [6.45, 7) is 3.74. The SMILES string of the molecule is Cc1ncsc1CN(Cc1ccccc1)C(=O)[C@H]1CCC(=O)N(C2CC2)C1. The molecule has 2 aliphatic rings. The third-order valence-corrected chi connectivity index (χ3v) is 6.41. The van der Waals surface area contributed by atoms with Gasteiger partial charge in [0.25, 0.3) is 0 Å². The minimum absolute atomic E-state index is 0.0970. The van der Waals surface area contributed by atoms with Gasteiger partial charge in [0.2, 0.25) is 11.8 Å². The lowest BCUT2D eigenvalue weighted by molar-refractivity contribution is -0.144.